The van der Waals surface area contributed by atoms with Gasteiger partial charge in [0, 0.05) is 5.75 Å². The number of thioether (sulfide) groups is 1. The highest BCUT2D eigenvalue weighted by atomic mass is 32.2. The van der Waals surface area contributed by atoms with E-state index >= 15 is 0 Å². The van der Waals surface area contributed by atoms with Gasteiger partial charge in [-0.3, -0.25) is 4.40 Å². The lowest BCUT2D eigenvalue weighted by Crippen LogP contribution is -2.21. The Labute approximate surface area is 166 Å². The fraction of sp³-hybridized carbons (Fsp3) is 0.300. The molecule has 0 bridgehead atoms. The van der Waals surface area contributed by atoms with E-state index in [1.54, 1.807) is 11.3 Å². The number of benzene rings is 2. The quantitative estimate of drug-likeness (QED) is 0.487. The Morgan fingerprint density at radius 1 is 1.11 bits per heavy atom. The lowest BCUT2D eigenvalue weighted by atomic mass is 10.1. The van der Waals surface area contributed by atoms with E-state index in [1.807, 2.05) is 36.4 Å². The van der Waals surface area contributed by atoms with Crippen molar-refractivity contribution in [1.29, 1.82) is 0 Å². The third kappa shape index (κ3) is 3.54. The van der Waals surface area contributed by atoms with Gasteiger partial charge in [0.15, 0.2) is 5.16 Å². The van der Waals surface area contributed by atoms with Crippen molar-refractivity contribution in [3.63, 3.8) is 0 Å². The summed E-state index contributed by atoms with van der Waals surface area (Å²) in [7, 11) is 0. The number of ether oxygens (including phenoxy) is 1. The standard InChI is InChI=1S/C20H21N3O2S2/c1-12-8-9-13(2)18(14(12)3)25-10-15(24)11-26-19-21-22-20-23(19)16-6-4-5-7-17(16)27-20/h4-9,15,24H,10-11H2,1-3H3. The van der Waals surface area contributed by atoms with Gasteiger partial charge in [0.1, 0.15) is 12.4 Å². The van der Waals surface area contributed by atoms with Crippen LogP contribution in [0.15, 0.2) is 41.6 Å². The summed E-state index contributed by atoms with van der Waals surface area (Å²) in [6.45, 7) is 6.39. The molecule has 0 radical (unpaired) electrons. The number of thiazole rings is 1. The Bertz CT molecular complexity index is 1100. The van der Waals surface area contributed by atoms with Gasteiger partial charge >= 0.3 is 0 Å². The van der Waals surface area contributed by atoms with E-state index in [9.17, 15) is 5.11 Å². The minimum Gasteiger partial charge on any atom is -0.490 e. The maximum absolute atomic E-state index is 10.4. The molecule has 7 heteroatoms. The average molecular weight is 400 g/mol. The molecular weight excluding hydrogens is 378 g/mol. The van der Waals surface area contributed by atoms with Crippen LogP contribution in [0.1, 0.15) is 16.7 Å². The molecular formula is C20H21N3O2S2. The summed E-state index contributed by atoms with van der Waals surface area (Å²) in [4.78, 5) is 0.871. The van der Waals surface area contributed by atoms with Crippen LogP contribution >= 0.6 is 23.1 Å². The SMILES string of the molecule is Cc1ccc(C)c(OCC(O)CSc2nnc3sc4ccccc4n23)c1C. The first-order valence-electron chi connectivity index (χ1n) is 8.77. The summed E-state index contributed by atoms with van der Waals surface area (Å²) >= 11 is 3.11. The van der Waals surface area contributed by atoms with Crippen LogP contribution < -0.4 is 4.74 Å². The van der Waals surface area contributed by atoms with E-state index in [0.717, 1.165) is 32.5 Å². The highest BCUT2D eigenvalue weighted by molar-refractivity contribution is 7.99. The molecule has 2 aromatic heterocycles. The van der Waals surface area contributed by atoms with Crippen molar-refractivity contribution >= 4 is 38.3 Å². The third-order valence-electron chi connectivity index (χ3n) is 4.61. The summed E-state index contributed by atoms with van der Waals surface area (Å²) in [5.41, 5.74) is 4.50. The predicted octanol–water partition coefficient (Wildman–Crippen LogP) is 4.40. The second-order valence-corrected chi connectivity index (χ2v) is 8.60. The van der Waals surface area contributed by atoms with Crippen LogP contribution in [0.3, 0.4) is 0 Å². The zero-order valence-electron chi connectivity index (χ0n) is 15.5. The molecule has 0 aliphatic rings. The summed E-state index contributed by atoms with van der Waals surface area (Å²) in [5.74, 6) is 1.36. The van der Waals surface area contributed by atoms with Gasteiger partial charge in [-0.2, -0.15) is 0 Å². The Kier molecular flexibility index (Phi) is 5.08. The van der Waals surface area contributed by atoms with E-state index in [2.05, 4.69) is 35.3 Å². The number of aryl methyl sites for hydroxylation is 2. The van der Waals surface area contributed by atoms with Gasteiger partial charge in [-0.05, 0) is 49.6 Å². The number of fused-ring (bicyclic) bond motifs is 3. The highest BCUT2D eigenvalue weighted by Crippen LogP contribution is 2.30. The molecule has 5 nitrogen and oxygen atoms in total. The molecule has 0 aliphatic heterocycles. The first-order chi connectivity index (χ1) is 13.0. The number of aromatic nitrogens is 3. The normalized spacial score (nSPS) is 12.7. The zero-order valence-corrected chi connectivity index (χ0v) is 17.1. The molecule has 0 spiro atoms. The van der Waals surface area contributed by atoms with Crippen molar-refractivity contribution < 1.29 is 9.84 Å². The summed E-state index contributed by atoms with van der Waals surface area (Å²) in [6, 6.07) is 12.3. The number of rotatable bonds is 6. The Balaban J connectivity index is 1.43. The number of aliphatic hydroxyl groups is 1. The van der Waals surface area contributed by atoms with Crippen LogP contribution in [0, 0.1) is 20.8 Å². The van der Waals surface area contributed by atoms with Crippen molar-refractivity contribution in [2.45, 2.75) is 32.0 Å². The van der Waals surface area contributed by atoms with Gasteiger partial charge in [0.05, 0.1) is 16.3 Å². The van der Waals surface area contributed by atoms with Gasteiger partial charge in [0.25, 0.3) is 0 Å². The van der Waals surface area contributed by atoms with Crippen molar-refractivity contribution in [2.24, 2.45) is 0 Å². The molecule has 2 heterocycles. The molecule has 140 valence electrons. The molecule has 2 aromatic carbocycles. The topological polar surface area (TPSA) is 59.7 Å². The van der Waals surface area contributed by atoms with Crippen LogP contribution in [0.5, 0.6) is 5.75 Å². The van der Waals surface area contributed by atoms with Crippen LogP contribution in [0.25, 0.3) is 15.2 Å². The molecule has 0 saturated heterocycles. The van der Waals surface area contributed by atoms with Gasteiger partial charge in [0.2, 0.25) is 4.96 Å². The molecule has 1 atom stereocenters. The molecule has 0 saturated carbocycles. The van der Waals surface area contributed by atoms with Crippen LogP contribution in [0.4, 0.5) is 0 Å². The Hall–Kier alpha value is -2.09. The van der Waals surface area contributed by atoms with Crippen LogP contribution in [0.2, 0.25) is 0 Å². The van der Waals surface area contributed by atoms with E-state index in [-0.39, 0.29) is 6.61 Å². The van der Waals surface area contributed by atoms with E-state index in [0.29, 0.717) is 5.75 Å². The monoisotopic (exact) mass is 399 g/mol. The van der Waals surface area contributed by atoms with Gasteiger partial charge in [-0.25, -0.2) is 0 Å². The average Bonchev–Trinajstić information content (AvgIpc) is 3.22. The lowest BCUT2D eigenvalue weighted by Gasteiger charge is -2.16. The second kappa shape index (κ2) is 7.50. The highest BCUT2D eigenvalue weighted by Gasteiger charge is 2.15. The van der Waals surface area contributed by atoms with Crippen LogP contribution in [-0.4, -0.2) is 38.2 Å². The van der Waals surface area contributed by atoms with Gasteiger partial charge in [-0.1, -0.05) is 47.4 Å². The maximum atomic E-state index is 10.4. The largest absolute Gasteiger partial charge is 0.490 e. The third-order valence-corrected chi connectivity index (χ3v) is 6.70. The Morgan fingerprint density at radius 2 is 1.89 bits per heavy atom. The lowest BCUT2D eigenvalue weighted by molar-refractivity contribution is 0.125. The minimum absolute atomic E-state index is 0.254. The molecule has 4 aromatic rings. The van der Waals surface area contributed by atoms with Crippen molar-refractivity contribution in [3.8, 4) is 5.75 Å². The van der Waals surface area contributed by atoms with Crippen molar-refractivity contribution in [1.82, 2.24) is 14.6 Å². The van der Waals surface area contributed by atoms with E-state index in [1.165, 1.54) is 22.0 Å². The molecule has 27 heavy (non-hydrogen) atoms. The second-order valence-electron chi connectivity index (χ2n) is 6.60. The van der Waals surface area contributed by atoms with Gasteiger partial charge < -0.3 is 9.84 Å². The first kappa shape index (κ1) is 18.3. The zero-order chi connectivity index (χ0) is 19.0. The minimum atomic E-state index is -0.591. The van der Waals surface area contributed by atoms with Gasteiger partial charge in [-0.15, -0.1) is 10.2 Å². The molecule has 1 N–H and O–H groups in total. The number of para-hydroxylation sites is 1. The summed E-state index contributed by atoms with van der Waals surface area (Å²) in [6.07, 6.45) is -0.591. The summed E-state index contributed by atoms with van der Waals surface area (Å²) < 4.78 is 9.15. The smallest absolute Gasteiger partial charge is 0.217 e. The van der Waals surface area contributed by atoms with E-state index in [4.69, 9.17) is 4.74 Å². The fourth-order valence-corrected chi connectivity index (χ4v) is 4.87. The molecule has 4 rings (SSSR count). The molecule has 1 unspecified atom stereocenters. The van der Waals surface area contributed by atoms with Crippen molar-refractivity contribution in [3.05, 3.63) is 53.1 Å². The first-order valence-corrected chi connectivity index (χ1v) is 10.6. The molecule has 0 aliphatic carbocycles. The van der Waals surface area contributed by atoms with E-state index < -0.39 is 6.10 Å². The number of hydrogen-bond donors (Lipinski definition) is 1. The number of hydrogen-bond acceptors (Lipinski definition) is 6. The van der Waals surface area contributed by atoms with Crippen molar-refractivity contribution in [2.75, 3.05) is 12.4 Å². The molecule has 0 fully saturated rings. The summed E-state index contributed by atoms with van der Waals surface area (Å²) in [5, 5.41) is 19.7. The predicted molar refractivity (Wildman–Crippen MR) is 111 cm³/mol. The number of nitrogens with zero attached hydrogens (tertiary/aromatic N) is 3. The number of aliphatic hydroxyl groups excluding tert-OH is 1. The fourth-order valence-electron chi connectivity index (χ4n) is 2.99. The molecule has 0 amide bonds. The Morgan fingerprint density at radius 3 is 2.74 bits per heavy atom. The maximum Gasteiger partial charge on any atom is 0.217 e. The van der Waals surface area contributed by atoms with Crippen LogP contribution in [-0.2, 0) is 0 Å².